The number of anilines is 2. The Morgan fingerprint density at radius 3 is 2.67 bits per heavy atom. The number of carbonyl (C=O) groups is 2. The van der Waals surface area contributed by atoms with Gasteiger partial charge in [0, 0.05) is 24.5 Å². The van der Waals surface area contributed by atoms with E-state index in [2.05, 4.69) is 37.5 Å². The molecule has 1 aromatic heterocycles. The van der Waals surface area contributed by atoms with Gasteiger partial charge in [0.25, 0.3) is 5.91 Å². The Balaban J connectivity index is 1.66. The molecule has 2 amide bonds. The highest BCUT2D eigenvalue weighted by Gasteiger charge is 2.22. The fraction of sp³-hybridized carbons (Fsp3) is 0.400. The minimum Gasteiger partial charge on any atom is -0.444 e. The normalized spacial score (nSPS) is 14.8. The van der Waals surface area contributed by atoms with Gasteiger partial charge in [-0.25, -0.2) is 0 Å². The van der Waals surface area contributed by atoms with E-state index in [1.807, 2.05) is 25.1 Å². The topological polar surface area (TPSA) is 74.6 Å². The minimum atomic E-state index is -0.623. The highest BCUT2D eigenvalue weighted by atomic mass is 79.9. The summed E-state index contributed by atoms with van der Waals surface area (Å²) < 4.78 is 5.74. The van der Waals surface area contributed by atoms with Gasteiger partial charge in [0.1, 0.15) is 6.04 Å². The van der Waals surface area contributed by atoms with Crippen molar-refractivity contribution in [1.29, 1.82) is 0 Å². The highest BCUT2D eigenvalue weighted by Crippen LogP contribution is 2.23. The number of hydrogen-bond acceptors (Lipinski definition) is 4. The third-order valence-corrected chi connectivity index (χ3v) is 5.01. The van der Waals surface area contributed by atoms with E-state index in [9.17, 15) is 9.59 Å². The molecule has 0 aliphatic carbocycles. The number of halogens is 1. The number of nitrogens with one attached hydrogen (secondary N) is 2. The Kier molecular flexibility index (Phi) is 6.55. The second-order valence-corrected chi connectivity index (χ2v) is 7.43. The molecular formula is C20H24BrN3O3. The molecule has 1 unspecified atom stereocenters. The lowest BCUT2D eigenvalue weighted by molar-refractivity contribution is -0.118. The molecule has 7 heteroatoms. The third kappa shape index (κ3) is 5.13. The summed E-state index contributed by atoms with van der Waals surface area (Å²) >= 11 is 3.18. The Morgan fingerprint density at radius 2 is 2.00 bits per heavy atom. The molecular weight excluding hydrogens is 410 g/mol. The Labute approximate surface area is 167 Å². The molecule has 1 aromatic carbocycles. The molecule has 1 aliphatic rings. The Hall–Kier alpha value is -2.28. The van der Waals surface area contributed by atoms with Crippen LogP contribution in [-0.2, 0) is 4.79 Å². The summed E-state index contributed by atoms with van der Waals surface area (Å²) in [5.41, 5.74) is 1.85. The van der Waals surface area contributed by atoms with Crippen molar-refractivity contribution in [1.82, 2.24) is 5.32 Å². The predicted octanol–water partition coefficient (Wildman–Crippen LogP) is 4.18. The molecule has 2 heterocycles. The molecule has 2 aromatic rings. The van der Waals surface area contributed by atoms with Crippen molar-refractivity contribution in [2.24, 2.45) is 0 Å². The van der Waals surface area contributed by atoms with Gasteiger partial charge in [-0.1, -0.05) is 19.4 Å². The average molecular weight is 434 g/mol. The molecule has 1 atom stereocenters. The number of hydrogen-bond donors (Lipinski definition) is 2. The molecule has 0 bridgehead atoms. The van der Waals surface area contributed by atoms with Crippen molar-refractivity contribution in [3.05, 3.63) is 46.8 Å². The van der Waals surface area contributed by atoms with Crippen LogP contribution in [0.1, 0.15) is 43.2 Å². The lowest BCUT2D eigenvalue weighted by atomic mass is 10.1. The maximum atomic E-state index is 12.7. The van der Waals surface area contributed by atoms with Crippen molar-refractivity contribution in [3.8, 4) is 0 Å². The van der Waals surface area contributed by atoms with E-state index in [0.29, 0.717) is 11.1 Å². The fourth-order valence-corrected chi connectivity index (χ4v) is 3.51. The first kappa shape index (κ1) is 19.5. The molecule has 1 saturated heterocycles. The van der Waals surface area contributed by atoms with E-state index in [1.54, 1.807) is 12.1 Å². The number of amides is 2. The van der Waals surface area contributed by atoms with Crippen molar-refractivity contribution in [3.63, 3.8) is 0 Å². The monoisotopic (exact) mass is 433 g/mol. The Bertz CT molecular complexity index is 799. The fourth-order valence-electron chi connectivity index (χ4n) is 3.21. The standard InChI is InChI=1S/C20H24BrN3O3/c1-2-6-16(23-20(26)17-9-10-18(21)27-17)19(25)22-14-7-5-8-15(13-14)24-11-3-4-12-24/h5,7-10,13,16H,2-4,6,11-12H2,1H3,(H,22,25)(H,23,26). The first-order chi connectivity index (χ1) is 13.1. The molecule has 144 valence electrons. The van der Waals surface area contributed by atoms with Gasteiger partial charge < -0.3 is 20.0 Å². The van der Waals surface area contributed by atoms with Gasteiger partial charge in [0.2, 0.25) is 5.91 Å². The van der Waals surface area contributed by atoms with Crippen LogP contribution in [0.3, 0.4) is 0 Å². The van der Waals surface area contributed by atoms with Gasteiger partial charge in [-0.3, -0.25) is 9.59 Å². The van der Waals surface area contributed by atoms with Gasteiger partial charge in [0.05, 0.1) is 0 Å². The van der Waals surface area contributed by atoms with Crippen LogP contribution in [0, 0.1) is 0 Å². The van der Waals surface area contributed by atoms with E-state index < -0.39 is 11.9 Å². The quantitative estimate of drug-likeness (QED) is 0.686. The van der Waals surface area contributed by atoms with Gasteiger partial charge in [0.15, 0.2) is 10.4 Å². The molecule has 27 heavy (non-hydrogen) atoms. The van der Waals surface area contributed by atoms with Gasteiger partial charge in [-0.15, -0.1) is 0 Å². The molecule has 6 nitrogen and oxygen atoms in total. The van der Waals surface area contributed by atoms with Crippen LogP contribution < -0.4 is 15.5 Å². The van der Waals surface area contributed by atoms with E-state index in [1.165, 1.54) is 12.8 Å². The van der Waals surface area contributed by atoms with Crippen LogP contribution in [0.25, 0.3) is 0 Å². The highest BCUT2D eigenvalue weighted by molar-refractivity contribution is 9.10. The van der Waals surface area contributed by atoms with Gasteiger partial charge >= 0.3 is 0 Å². The summed E-state index contributed by atoms with van der Waals surface area (Å²) in [6, 6.07) is 10.4. The largest absolute Gasteiger partial charge is 0.444 e. The number of furan rings is 1. The van der Waals surface area contributed by atoms with Crippen molar-refractivity contribution < 1.29 is 14.0 Å². The summed E-state index contributed by atoms with van der Waals surface area (Å²) in [5.74, 6) is -0.457. The third-order valence-electron chi connectivity index (χ3n) is 4.58. The summed E-state index contributed by atoms with van der Waals surface area (Å²) in [5, 5.41) is 5.69. The number of carbonyl (C=O) groups excluding carboxylic acids is 2. The van der Waals surface area contributed by atoms with Crippen LogP contribution in [0.15, 0.2) is 45.5 Å². The first-order valence-electron chi connectivity index (χ1n) is 9.29. The average Bonchev–Trinajstić information content (AvgIpc) is 3.33. The van der Waals surface area contributed by atoms with E-state index in [4.69, 9.17) is 4.42 Å². The second-order valence-electron chi connectivity index (χ2n) is 6.65. The molecule has 0 radical (unpaired) electrons. The first-order valence-corrected chi connectivity index (χ1v) is 10.1. The number of nitrogens with zero attached hydrogens (tertiary/aromatic N) is 1. The summed E-state index contributed by atoms with van der Waals surface area (Å²) in [6.45, 7) is 4.07. The van der Waals surface area contributed by atoms with Gasteiger partial charge in [-0.2, -0.15) is 0 Å². The van der Waals surface area contributed by atoms with Gasteiger partial charge in [-0.05, 0) is 65.5 Å². The summed E-state index contributed by atoms with van der Waals surface area (Å²) in [7, 11) is 0. The second kappa shape index (κ2) is 9.08. The molecule has 2 N–H and O–H groups in total. The van der Waals surface area contributed by atoms with Crippen molar-refractivity contribution >= 4 is 39.1 Å². The zero-order chi connectivity index (χ0) is 19.2. The lowest BCUT2D eigenvalue weighted by Gasteiger charge is -2.20. The zero-order valence-electron chi connectivity index (χ0n) is 15.3. The van der Waals surface area contributed by atoms with Crippen molar-refractivity contribution in [2.45, 2.75) is 38.6 Å². The van der Waals surface area contributed by atoms with Crippen LogP contribution in [0.4, 0.5) is 11.4 Å². The zero-order valence-corrected chi connectivity index (χ0v) is 16.9. The Morgan fingerprint density at radius 1 is 1.22 bits per heavy atom. The molecule has 1 aliphatic heterocycles. The van der Waals surface area contributed by atoms with Crippen LogP contribution in [0.2, 0.25) is 0 Å². The summed E-state index contributed by atoms with van der Waals surface area (Å²) in [4.78, 5) is 27.4. The van der Waals surface area contributed by atoms with E-state index >= 15 is 0 Å². The smallest absolute Gasteiger partial charge is 0.287 e. The van der Waals surface area contributed by atoms with E-state index in [-0.39, 0.29) is 11.7 Å². The number of benzene rings is 1. The SMILES string of the molecule is CCCC(NC(=O)c1ccc(Br)o1)C(=O)Nc1cccc(N2CCCC2)c1. The van der Waals surface area contributed by atoms with Crippen LogP contribution in [0.5, 0.6) is 0 Å². The summed E-state index contributed by atoms with van der Waals surface area (Å²) in [6.07, 6.45) is 3.72. The van der Waals surface area contributed by atoms with Crippen LogP contribution >= 0.6 is 15.9 Å². The molecule has 3 rings (SSSR count). The molecule has 0 spiro atoms. The van der Waals surface area contributed by atoms with Crippen molar-refractivity contribution in [2.75, 3.05) is 23.3 Å². The van der Waals surface area contributed by atoms with E-state index in [0.717, 1.165) is 30.9 Å². The van der Waals surface area contributed by atoms with Crippen LogP contribution in [-0.4, -0.2) is 30.9 Å². The molecule has 1 fully saturated rings. The molecule has 0 saturated carbocycles. The maximum absolute atomic E-state index is 12.7. The lowest BCUT2D eigenvalue weighted by Crippen LogP contribution is -2.43. The minimum absolute atomic E-state index is 0.173. The maximum Gasteiger partial charge on any atom is 0.287 e. The number of rotatable bonds is 7. The predicted molar refractivity (Wildman–Crippen MR) is 109 cm³/mol.